The van der Waals surface area contributed by atoms with Gasteiger partial charge in [-0.25, -0.2) is 0 Å². The predicted molar refractivity (Wildman–Crippen MR) is 93.3 cm³/mol. The number of hydrogen-bond acceptors (Lipinski definition) is 3. The van der Waals surface area contributed by atoms with Gasteiger partial charge in [-0.15, -0.1) is 0 Å². The van der Waals surface area contributed by atoms with Gasteiger partial charge in [-0.2, -0.15) is 0 Å². The topological polar surface area (TPSA) is 27.7 Å². The molecule has 0 N–H and O–H groups in total. The van der Waals surface area contributed by atoms with E-state index in [2.05, 4.69) is 68.5 Å². The molecule has 0 bridgehead atoms. The van der Waals surface area contributed by atoms with Gasteiger partial charge in [0.15, 0.2) is 8.32 Å². The van der Waals surface area contributed by atoms with Crippen molar-refractivity contribution < 1.29 is 13.7 Å². The molecule has 0 radical (unpaired) electrons. The maximum atomic E-state index is 6.26. The lowest BCUT2D eigenvalue weighted by molar-refractivity contribution is 0.00578. The second kappa shape index (κ2) is 5.99. The fraction of sp³-hybridized carbons (Fsp3) is 1.00. The fourth-order valence-corrected chi connectivity index (χ4v) is 3.03. The molecule has 1 fully saturated rings. The van der Waals surface area contributed by atoms with Crippen LogP contribution in [0.15, 0.2) is 0 Å². The van der Waals surface area contributed by atoms with Crippen LogP contribution in [0.5, 0.6) is 0 Å². The maximum absolute atomic E-state index is 6.26. The smallest absolute Gasteiger partial charge is 0.417 e. The predicted octanol–water partition coefficient (Wildman–Crippen LogP) is 4.88. The summed E-state index contributed by atoms with van der Waals surface area (Å²) in [6, 6.07) is 0. The zero-order valence-electron chi connectivity index (χ0n) is 15.8. The van der Waals surface area contributed by atoms with Crippen LogP contribution in [0.25, 0.3) is 0 Å². The average Bonchev–Trinajstić information content (AvgIpc) is 2.46. The largest absolute Gasteiger partial charge is 0.460 e. The van der Waals surface area contributed by atoms with E-state index in [1.807, 2.05) is 0 Å². The van der Waals surface area contributed by atoms with Crippen LogP contribution in [0.1, 0.15) is 61.8 Å². The van der Waals surface area contributed by atoms with Gasteiger partial charge in [-0.3, -0.25) is 0 Å². The summed E-state index contributed by atoms with van der Waals surface area (Å²) in [6.45, 7) is 22.8. The Bertz CT molecular complexity index is 345. The Morgan fingerprint density at radius 1 is 1.05 bits per heavy atom. The van der Waals surface area contributed by atoms with Crippen LogP contribution in [-0.2, 0) is 13.7 Å². The summed E-state index contributed by atoms with van der Waals surface area (Å²) in [5.74, 6) is 0.343. The summed E-state index contributed by atoms with van der Waals surface area (Å²) in [5.41, 5.74) is -0.488. The van der Waals surface area contributed by atoms with Crippen molar-refractivity contribution in [3.05, 3.63) is 0 Å². The molecule has 21 heavy (non-hydrogen) atoms. The molecular formula is C16H35BO3Si. The minimum absolute atomic E-state index is 0.127. The molecule has 3 nitrogen and oxygen atoms in total. The molecular weight excluding hydrogens is 279 g/mol. The van der Waals surface area contributed by atoms with Gasteiger partial charge in [0.2, 0.25) is 0 Å². The van der Waals surface area contributed by atoms with Gasteiger partial charge >= 0.3 is 7.12 Å². The second-order valence-corrected chi connectivity index (χ2v) is 13.8. The van der Waals surface area contributed by atoms with Crippen molar-refractivity contribution in [2.75, 3.05) is 6.61 Å². The third-order valence-corrected chi connectivity index (χ3v) is 10.1. The molecule has 5 heteroatoms. The Morgan fingerprint density at radius 3 is 1.86 bits per heavy atom. The van der Waals surface area contributed by atoms with E-state index < -0.39 is 8.32 Å². The van der Waals surface area contributed by atoms with Crippen LogP contribution in [0.2, 0.25) is 23.9 Å². The highest BCUT2D eigenvalue weighted by atomic mass is 28.4. The second-order valence-electron chi connectivity index (χ2n) is 9.00. The normalized spacial score (nSPS) is 23.4. The zero-order valence-corrected chi connectivity index (χ0v) is 16.8. The van der Waals surface area contributed by atoms with Crippen LogP contribution in [-0.4, -0.2) is 33.2 Å². The Morgan fingerprint density at radius 2 is 1.48 bits per heavy atom. The summed E-state index contributed by atoms with van der Waals surface area (Å²) in [4.78, 5) is 0. The monoisotopic (exact) mass is 314 g/mol. The van der Waals surface area contributed by atoms with Crippen LogP contribution in [0.4, 0.5) is 0 Å². The number of rotatable bonds is 5. The quantitative estimate of drug-likeness (QED) is 0.677. The van der Waals surface area contributed by atoms with E-state index in [-0.39, 0.29) is 23.4 Å². The van der Waals surface area contributed by atoms with Crippen LogP contribution in [0.3, 0.4) is 0 Å². The van der Waals surface area contributed by atoms with Crippen molar-refractivity contribution >= 4 is 15.4 Å². The van der Waals surface area contributed by atoms with Crippen LogP contribution >= 0.6 is 0 Å². The summed E-state index contributed by atoms with van der Waals surface area (Å²) in [6.07, 6.45) is 0.976. The molecule has 1 rings (SSSR count). The summed E-state index contributed by atoms with van der Waals surface area (Å²) >= 11 is 0. The lowest BCUT2D eigenvalue weighted by Gasteiger charge is -2.36. The molecule has 0 aromatic rings. The van der Waals surface area contributed by atoms with Gasteiger partial charge in [-0.1, -0.05) is 27.7 Å². The van der Waals surface area contributed by atoms with Crippen molar-refractivity contribution in [3.63, 3.8) is 0 Å². The molecule has 1 atom stereocenters. The summed E-state index contributed by atoms with van der Waals surface area (Å²) < 4.78 is 18.5. The van der Waals surface area contributed by atoms with E-state index in [4.69, 9.17) is 13.7 Å². The molecule has 0 aromatic heterocycles. The van der Waals surface area contributed by atoms with Crippen LogP contribution < -0.4 is 0 Å². The first kappa shape index (κ1) is 19.2. The Labute approximate surface area is 133 Å². The molecule has 1 heterocycles. The van der Waals surface area contributed by atoms with Crippen molar-refractivity contribution in [3.8, 4) is 0 Å². The van der Waals surface area contributed by atoms with Gasteiger partial charge in [-0.05, 0) is 58.1 Å². The summed E-state index contributed by atoms with van der Waals surface area (Å²) in [7, 11) is -1.78. The molecule has 0 saturated carbocycles. The molecule has 1 unspecified atom stereocenters. The van der Waals surface area contributed by atoms with E-state index in [1.165, 1.54) is 0 Å². The van der Waals surface area contributed by atoms with E-state index in [9.17, 15) is 0 Å². The standard InChI is InChI=1S/C16H35BO3Si/c1-13(11-12-18-21(9,10)14(2,3)4)17-19-15(5,6)16(7,8)20-17/h13H,11-12H2,1-10H3. The van der Waals surface area contributed by atoms with Crippen molar-refractivity contribution in [1.29, 1.82) is 0 Å². The molecule has 1 aliphatic rings. The lowest BCUT2D eigenvalue weighted by Crippen LogP contribution is -2.41. The molecule has 124 valence electrons. The van der Waals surface area contributed by atoms with Gasteiger partial charge < -0.3 is 13.7 Å². The highest BCUT2D eigenvalue weighted by molar-refractivity contribution is 6.74. The first-order chi connectivity index (χ1) is 9.20. The van der Waals surface area contributed by atoms with Crippen LogP contribution in [0, 0.1) is 0 Å². The number of hydrogen-bond donors (Lipinski definition) is 0. The Balaban J connectivity index is 2.48. The Hall–Kier alpha value is 0.162. The van der Waals surface area contributed by atoms with Gasteiger partial charge in [0.25, 0.3) is 0 Å². The van der Waals surface area contributed by atoms with Crippen molar-refractivity contribution in [2.45, 2.75) is 97.0 Å². The minimum atomic E-state index is -1.65. The van der Waals surface area contributed by atoms with E-state index in [0.29, 0.717) is 5.82 Å². The third kappa shape index (κ3) is 4.34. The minimum Gasteiger partial charge on any atom is -0.417 e. The van der Waals surface area contributed by atoms with E-state index in [1.54, 1.807) is 0 Å². The highest BCUT2D eigenvalue weighted by Gasteiger charge is 2.52. The maximum Gasteiger partial charge on any atom is 0.460 e. The van der Waals surface area contributed by atoms with Crippen molar-refractivity contribution in [2.24, 2.45) is 0 Å². The molecule has 0 amide bonds. The van der Waals surface area contributed by atoms with Crippen molar-refractivity contribution in [1.82, 2.24) is 0 Å². The Kier molecular flexibility index (Phi) is 5.48. The molecule has 0 aliphatic carbocycles. The van der Waals surface area contributed by atoms with Gasteiger partial charge in [0, 0.05) is 6.61 Å². The third-order valence-electron chi connectivity index (χ3n) is 5.58. The first-order valence-electron chi connectivity index (χ1n) is 8.19. The highest BCUT2D eigenvalue weighted by Crippen LogP contribution is 2.41. The molecule has 0 spiro atoms. The van der Waals surface area contributed by atoms with E-state index in [0.717, 1.165) is 13.0 Å². The molecule has 1 saturated heterocycles. The SMILES string of the molecule is CC(CCO[Si](C)(C)C(C)(C)C)B1OC(C)(C)C(C)(C)O1. The summed E-state index contributed by atoms with van der Waals surface area (Å²) in [5, 5.41) is 0.264. The van der Waals surface area contributed by atoms with E-state index >= 15 is 0 Å². The molecule has 0 aromatic carbocycles. The first-order valence-corrected chi connectivity index (χ1v) is 11.1. The fourth-order valence-electron chi connectivity index (χ4n) is 1.97. The lowest BCUT2D eigenvalue weighted by atomic mass is 9.71. The zero-order chi connectivity index (χ0) is 16.7. The average molecular weight is 314 g/mol. The molecule has 1 aliphatic heterocycles. The van der Waals surface area contributed by atoms with Gasteiger partial charge in [0.1, 0.15) is 0 Å². The van der Waals surface area contributed by atoms with Gasteiger partial charge in [0.05, 0.1) is 11.2 Å².